The van der Waals surface area contributed by atoms with Crippen molar-refractivity contribution in [1.82, 2.24) is 0 Å². The van der Waals surface area contributed by atoms with Crippen LogP contribution >= 0.6 is 93.0 Å². The number of ether oxygens (including phenoxy) is 2. The summed E-state index contributed by atoms with van der Waals surface area (Å²) in [5.74, 6) is -2.50. The molecular weight excluding hydrogens is 902 g/mol. The Bertz CT molecular complexity index is 1320. The van der Waals surface area contributed by atoms with Crippen LogP contribution in [0.5, 0.6) is 11.5 Å². The topological polar surface area (TPSA) is 107 Å². The first-order valence-electron chi connectivity index (χ1n) is 10.1. The van der Waals surface area contributed by atoms with E-state index in [4.69, 9.17) is 9.47 Å². The van der Waals surface area contributed by atoms with Crippen LogP contribution in [0.1, 0.15) is 12.8 Å². The van der Waals surface area contributed by atoms with Gasteiger partial charge in [0.05, 0.1) is 20.8 Å². The van der Waals surface area contributed by atoms with Crippen molar-refractivity contribution < 1.29 is 32.0 Å². The number of carbonyl (C=O) groups excluding carboxylic acids is 2. The second-order valence-corrected chi connectivity index (χ2v) is 14.4. The molecular formula is C22H15Br3I2O7S. The Labute approximate surface area is 254 Å². The number of hydrogen-bond donors (Lipinski definition) is 1. The van der Waals surface area contributed by atoms with Crippen molar-refractivity contribution >= 4 is 115 Å². The van der Waals surface area contributed by atoms with Crippen molar-refractivity contribution in [2.45, 2.75) is 17.7 Å². The standard InChI is InChI=1S/C22H15Br3I2O7S/c23-11-5-13(24)19(14(25)6-11)34-22(29)18-10-3-1-9(2-4-10)17(18)21(28)33-12-7-15(26)20(16(27)8-12)35(30,31)32/h1,3,5-10,17-18H,2,4H2,(H,30,31,32). The van der Waals surface area contributed by atoms with E-state index in [1.807, 2.05) is 12.2 Å². The van der Waals surface area contributed by atoms with Gasteiger partial charge in [-0.2, -0.15) is 8.42 Å². The van der Waals surface area contributed by atoms with E-state index >= 15 is 0 Å². The third kappa shape index (κ3) is 6.00. The second-order valence-electron chi connectivity index (χ2n) is 8.07. The highest BCUT2D eigenvalue weighted by atomic mass is 127. The predicted octanol–water partition coefficient (Wildman–Crippen LogP) is 6.77. The summed E-state index contributed by atoms with van der Waals surface area (Å²) in [5.41, 5.74) is 0. The van der Waals surface area contributed by atoms with Gasteiger partial charge in [-0.3, -0.25) is 14.1 Å². The Morgan fingerprint density at radius 1 is 0.857 bits per heavy atom. The summed E-state index contributed by atoms with van der Waals surface area (Å²) in [4.78, 5) is 26.5. The van der Waals surface area contributed by atoms with E-state index in [-0.39, 0.29) is 29.6 Å². The van der Waals surface area contributed by atoms with Gasteiger partial charge in [0.15, 0.2) is 5.75 Å². The molecule has 3 aliphatic carbocycles. The SMILES string of the molecule is O=C(Oc1cc(I)c(S(=O)(=O)O)c(I)c1)C1C2C=CC(CC2)C1C(=O)Oc1c(Br)cc(Br)cc1Br. The van der Waals surface area contributed by atoms with Crippen LogP contribution in [0, 0.1) is 30.8 Å². The van der Waals surface area contributed by atoms with Crippen molar-refractivity contribution in [2.24, 2.45) is 23.7 Å². The van der Waals surface area contributed by atoms with Crippen LogP contribution in [0.3, 0.4) is 0 Å². The number of esters is 2. The van der Waals surface area contributed by atoms with E-state index in [2.05, 4.69) is 47.8 Å². The average molecular weight is 917 g/mol. The number of halogens is 5. The Morgan fingerprint density at radius 2 is 1.31 bits per heavy atom. The molecule has 0 spiro atoms. The molecule has 1 N–H and O–H groups in total. The van der Waals surface area contributed by atoms with E-state index in [0.29, 0.717) is 14.7 Å². The van der Waals surface area contributed by atoms with E-state index in [9.17, 15) is 22.6 Å². The van der Waals surface area contributed by atoms with Gasteiger partial charge in [0.25, 0.3) is 10.1 Å². The van der Waals surface area contributed by atoms with Crippen molar-refractivity contribution in [3.8, 4) is 11.5 Å². The molecule has 3 aliphatic rings. The summed E-state index contributed by atoms with van der Waals surface area (Å²) < 4.78 is 46.5. The predicted molar refractivity (Wildman–Crippen MR) is 155 cm³/mol. The molecule has 7 nitrogen and oxygen atoms in total. The molecule has 0 amide bonds. The van der Waals surface area contributed by atoms with Crippen LogP contribution in [0.4, 0.5) is 0 Å². The molecule has 13 heteroatoms. The van der Waals surface area contributed by atoms with Crippen molar-refractivity contribution in [2.75, 3.05) is 0 Å². The second kappa shape index (κ2) is 11.0. The largest absolute Gasteiger partial charge is 0.426 e. The molecule has 2 bridgehead atoms. The number of allylic oxidation sites excluding steroid dienone is 2. The minimum Gasteiger partial charge on any atom is -0.426 e. The number of hydrogen-bond acceptors (Lipinski definition) is 6. The van der Waals surface area contributed by atoms with Gasteiger partial charge < -0.3 is 9.47 Å². The lowest BCUT2D eigenvalue weighted by Crippen LogP contribution is -2.47. The van der Waals surface area contributed by atoms with Crippen molar-refractivity contribution in [3.05, 3.63) is 57.0 Å². The minimum atomic E-state index is -4.43. The summed E-state index contributed by atoms with van der Waals surface area (Å²) >= 11 is 13.7. The molecule has 0 aliphatic heterocycles. The third-order valence-electron chi connectivity index (χ3n) is 5.91. The lowest BCUT2D eigenvalue weighted by atomic mass is 9.62. The molecule has 0 heterocycles. The van der Waals surface area contributed by atoms with Gasteiger partial charge in [0, 0.05) is 11.6 Å². The average Bonchev–Trinajstić information content (AvgIpc) is 2.74. The number of carbonyl (C=O) groups is 2. The van der Waals surface area contributed by atoms with E-state index in [0.717, 1.165) is 17.3 Å². The molecule has 186 valence electrons. The first-order chi connectivity index (χ1) is 16.4. The molecule has 35 heavy (non-hydrogen) atoms. The highest BCUT2D eigenvalue weighted by Crippen LogP contribution is 2.47. The molecule has 5 rings (SSSR count). The molecule has 4 atom stereocenters. The van der Waals surface area contributed by atoms with Crippen LogP contribution in [0.25, 0.3) is 0 Å². The zero-order chi connectivity index (χ0) is 25.7. The highest BCUT2D eigenvalue weighted by Gasteiger charge is 2.50. The van der Waals surface area contributed by atoms with Crippen LogP contribution in [-0.4, -0.2) is 24.9 Å². The van der Waals surface area contributed by atoms with Gasteiger partial charge in [-0.05, 0) is 126 Å². The maximum absolute atomic E-state index is 13.4. The van der Waals surface area contributed by atoms with Crippen molar-refractivity contribution in [3.63, 3.8) is 0 Å². The molecule has 0 radical (unpaired) electrons. The Hall–Kier alpha value is -0.0700. The minimum absolute atomic E-state index is 0.132. The van der Waals surface area contributed by atoms with Crippen LogP contribution in [0.15, 0.2) is 54.7 Å². The Kier molecular flexibility index (Phi) is 8.76. The quantitative estimate of drug-likeness (QED) is 0.116. The summed E-state index contributed by atoms with van der Waals surface area (Å²) in [7, 11) is -4.43. The van der Waals surface area contributed by atoms with E-state index in [1.54, 1.807) is 57.3 Å². The molecule has 1 saturated carbocycles. The normalized spacial score (nSPS) is 23.3. The van der Waals surface area contributed by atoms with Gasteiger partial charge >= 0.3 is 11.9 Å². The van der Waals surface area contributed by atoms with Crippen LogP contribution < -0.4 is 9.47 Å². The van der Waals surface area contributed by atoms with Gasteiger partial charge in [-0.25, -0.2) is 0 Å². The van der Waals surface area contributed by atoms with Gasteiger partial charge in [0.2, 0.25) is 0 Å². The zero-order valence-corrected chi connectivity index (χ0v) is 27.3. The molecule has 1 fully saturated rings. The first-order valence-corrected chi connectivity index (χ1v) is 16.1. The fourth-order valence-electron chi connectivity index (χ4n) is 4.46. The maximum atomic E-state index is 13.4. The number of rotatable bonds is 5. The van der Waals surface area contributed by atoms with Gasteiger partial charge in [-0.15, -0.1) is 0 Å². The Balaban J connectivity index is 1.61. The third-order valence-corrected chi connectivity index (χ3v) is 10.9. The van der Waals surface area contributed by atoms with Crippen LogP contribution in [0.2, 0.25) is 0 Å². The first kappa shape index (κ1) is 28.0. The van der Waals surface area contributed by atoms with E-state index in [1.165, 1.54) is 12.1 Å². The lowest BCUT2D eigenvalue weighted by Gasteiger charge is -2.42. The number of fused-ring (bicyclic) bond motifs is 2. The molecule has 2 aromatic carbocycles. The summed E-state index contributed by atoms with van der Waals surface area (Å²) in [5, 5.41) is 0. The van der Waals surface area contributed by atoms with Gasteiger partial charge in [-0.1, -0.05) is 28.1 Å². The molecule has 4 unspecified atom stereocenters. The van der Waals surface area contributed by atoms with E-state index < -0.39 is 33.9 Å². The highest BCUT2D eigenvalue weighted by molar-refractivity contribution is 14.1. The summed E-state index contributed by atoms with van der Waals surface area (Å²) in [6.45, 7) is 0. The summed E-state index contributed by atoms with van der Waals surface area (Å²) in [6.07, 6.45) is 5.41. The van der Waals surface area contributed by atoms with Crippen LogP contribution in [-0.2, 0) is 19.7 Å². The molecule has 0 saturated heterocycles. The zero-order valence-electron chi connectivity index (χ0n) is 17.4. The fraction of sp³-hybridized carbons (Fsp3) is 0.273. The van der Waals surface area contributed by atoms with Gasteiger partial charge in [0.1, 0.15) is 10.6 Å². The summed E-state index contributed by atoms with van der Waals surface area (Å²) in [6, 6.07) is 6.24. The molecule has 2 aromatic rings. The fourth-order valence-corrected chi connectivity index (χ4v) is 10.9. The maximum Gasteiger partial charge on any atom is 0.315 e. The molecule has 0 aromatic heterocycles. The monoisotopic (exact) mass is 914 g/mol. The lowest BCUT2D eigenvalue weighted by molar-refractivity contribution is -0.156. The Morgan fingerprint density at radius 3 is 1.74 bits per heavy atom. The number of benzene rings is 2. The smallest absolute Gasteiger partial charge is 0.315 e. The van der Waals surface area contributed by atoms with Crippen molar-refractivity contribution in [1.29, 1.82) is 0 Å².